The van der Waals surface area contributed by atoms with Gasteiger partial charge >= 0.3 is 5.97 Å². The van der Waals surface area contributed by atoms with Gasteiger partial charge in [-0.3, -0.25) is 4.90 Å². The van der Waals surface area contributed by atoms with Crippen molar-refractivity contribution >= 4 is 34.2 Å². The first-order valence-electron chi connectivity index (χ1n) is 14.4. The van der Waals surface area contributed by atoms with Gasteiger partial charge in [0.05, 0.1) is 6.61 Å². The second kappa shape index (κ2) is 12.3. The van der Waals surface area contributed by atoms with Crippen LogP contribution >= 0.6 is 11.6 Å². The molecule has 0 amide bonds. The number of nitrogens with one attached hydrogen (secondary N) is 1. The Labute approximate surface area is 251 Å². The molecule has 1 atom stereocenters. The summed E-state index contributed by atoms with van der Waals surface area (Å²) in [6.45, 7) is 7.93. The summed E-state index contributed by atoms with van der Waals surface area (Å²) in [5.41, 5.74) is 6.13. The molecular formula is C35H34ClN3O3. The van der Waals surface area contributed by atoms with Crippen molar-refractivity contribution in [3.63, 3.8) is 0 Å². The fourth-order valence-electron chi connectivity index (χ4n) is 5.75. The molecule has 6 nitrogen and oxygen atoms in total. The highest BCUT2D eigenvalue weighted by molar-refractivity contribution is 6.30. The largest absolute Gasteiger partial charge is 0.462 e. The zero-order valence-electron chi connectivity index (χ0n) is 23.8. The van der Waals surface area contributed by atoms with E-state index in [4.69, 9.17) is 21.1 Å². The molecule has 6 rings (SSSR count). The van der Waals surface area contributed by atoms with Gasteiger partial charge in [-0.25, -0.2) is 4.79 Å². The Morgan fingerprint density at radius 1 is 0.905 bits per heavy atom. The normalized spacial score (nSPS) is 14.6. The van der Waals surface area contributed by atoms with Gasteiger partial charge in [0.15, 0.2) is 0 Å². The lowest BCUT2D eigenvalue weighted by Crippen LogP contribution is -2.47. The van der Waals surface area contributed by atoms with E-state index in [-0.39, 0.29) is 6.04 Å². The predicted molar refractivity (Wildman–Crippen MR) is 170 cm³/mol. The van der Waals surface area contributed by atoms with Crippen molar-refractivity contribution in [2.24, 2.45) is 0 Å². The van der Waals surface area contributed by atoms with E-state index in [1.165, 1.54) is 16.7 Å². The Morgan fingerprint density at radius 2 is 1.69 bits per heavy atom. The molecule has 0 spiro atoms. The average Bonchev–Trinajstić information content (AvgIpc) is 3.51. The molecule has 0 saturated carbocycles. The number of anilines is 1. The molecule has 2 heterocycles. The molecule has 0 bridgehead atoms. The molecule has 1 aliphatic heterocycles. The van der Waals surface area contributed by atoms with Crippen molar-refractivity contribution in [1.29, 1.82) is 0 Å². The zero-order valence-corrected chi connectivity index (χ0v) is 24.6. The maximum atomic E-state index is 12.8. The molecule has 1 fully saturated rings. The Hall–Kier alpha value is -4.26. The van der Waals surface area contributed by atoms with E-state index in [1.54, 1.807) is 0 Å². The van der Waals surface area contributed by atoms with Crippen LogP contribution in [0.25, 0.3) is 22.0 Å². The molecule has 0 aliphatic carbocycles. The van der Waals surface area contributed by atoms with Gasteiger partial charge in [-0.2, -0.15) is 0 Å². The van der Waals surface area contributed by atoms with Crippen molar-refractivity contribution in [2.45, 2.75) is 19.9 Å². The minimum absolute atomic E-state index is 0.256. The summed E-state index contributed by atoms with van der Waals surface area (Å²) in [6.07, 6.45) is 1.88. The number of aromatic amines is 1. The molecule has 5 aromatic rings. The van der Waals surface area contributed by atoms with Crippen LogP contribution in [0, 0.1) is 0 Å². The van der Waals surface area contributed by atoms with Crippen LogP contribution < -0.4 is 9.64 Å². The van der Waals surface area contributed by atoms with Crippen LogP contribution in [0.2, 0.25) is 5.02 Å². The van der Waals surface area contributed by atoms with E-state index in [0.29, 0.717) is 23.7 Å². The third kappa shape index (κ3) is 5.73. The Morgan fingerprint density at radius 3 is 2.48 bits per heavy atom. The molecule has 214 valence electrons. The Kier molecular flexibility index (Phi) is 8.17. The molecule has 0 radical (unpaired) electrons. The molecule has 1 saturated heterocycles. The number of ether oxygens (including phenoxy) is 2. The van der Waals surface area contributed by atoms with Crippen LogP contribution in [0.3, 0.4) is 0 Å². The number of H-pyrrole nitrogens is 1. The number of piperazine rings is 1. The smallest absolute Gasteiger partial charge is 0.341 e. The molecule has 7 heteroatoms. The molecule has 1 unspecified atom stereocenters. The number of esters is 1. The summed E-state index contributed by atoms with van der Waals surface area (Å²) in [6, 6.07) is 30.5. The minimum atomic E-state index is -0.390. The lowest BCUT2D eigenvalue weighted by molar-refractivity contribution is 0.0523. The first-order valence-corrected chi connectivity index (χ1v) is 14.8. The lowest BCUT2D eigenvalue weighted by Gasteiger charge is -2.40. The number of hydrogen-bond donors (Lipinski definition) is 1. The SMILES string of the molecule is CCOC(=O)c1ccc(N2CCN(C(C)c3ccccc3-c3ccc(Cl)cc3)CC2)cc1Oc1cccc2[nH]ccc12. The molecule has 1 aromatic heterocycles. The number of hydrogen-bond acceptors (Lipinski definition) is 5. The fraction of sp³-hybridized carbons (Fsp3) is 0.229. The quantitative estimate of drug-likeness (QED) is 0.187. The zero-order chi connectivity index (χ0) is 29.1. The third-order valence-corrected chi connectivity index (χ3v) is 8.28. The number of aromatic nitrogens is 1. The van der Waals surface area contributed by atoms with E-state index in [9.17, 15) is 4.79 Å². The second-order valence-electron chi connectivity index (χ2n) is 10.5. The first kappa shape index (κ1) is 27.9. The van der Waals surface area contributed by atoms with Crippen LogP contribution in [-0.2, 0) is 4.74 Å². The highest BCUT2D eigenvalue weighted by atomic mass is 35.5. The van der Waals surface area contributed by atoms with E-state index >= 15 is 0 Å². The van der Waals surface area contributed by atoms with Crippen LogP contribution in [0.5, 0.6) is 11.5 Å². The highest BCUT2D eigenvalue weighted by Crippen LogP contribution is 2.36. The molecule has 42 heavy (non-hydrogen) atoms. The van der Waals surface area contributed by atoms with E-state index in [2.05, 4.69) is 58.1 Å². The predicted octanol–water partition coefficient (Wildman–Crippen LogP) is 8.34. The summed E-state index contributed by atoms with van der Waals surface area (Å²) in [7, 11) is 0. The van der Waals surface area contributed by atoms with Gasteiger partial charge in [-0.1, -0.05) is 54.1 Å². The lowest BCUT2D eigenvalue weighted by atomic mass is 9.94. The molecule has 1 N–H and O–H groups in total. The molecule has 1 aliphatic rings. The number of fused-ring (bicyclic) bond motifs is 1. The number of carbonyl (C=O) groups excluding carboxylic acids is 1. The van der Waals surface area contributed by atoms with Crippen molar-refractivity contribution in [1.82, 2.24) is 9.88 Å². The summed E-state index contributed by atoms with van der Waals surface area (Å²) < 4.78 is 11.7. The third-order valence-electron chi connectivity index (χ3n) is 8.03. The summed E-state index contributed by atoms with van der Waals surface area (Å²) >= 11 is 6.15. The fourth-order valence-corrected chi connectivity index (χ4v) is 5.88. The molecular weight excluding hydrogens is 546 g/mol. The number of rotatable bonds is 8. The monoisotopic (exact) mass is 579 g/mol. The van der Waals surface area contributed by atoms with Gasteiger partial charge in [0.25, 0.3) is 0 Å². The van der Waals surface area contributed by atoms with Gasteiger partial charge in [-0.05, 0) is 73.0 Å². The van der Waals surface area contributed by atoms with Crippen LogP contribution in [0.15, 0.2) is 97.2 Å². The number of benzene rings is 4. The summed E-state index contributed by atoms with van der Waals surface area (Å²) in [5.74, 6) is 0.792. The molecule has 4 aromatic carbocycles. The van der Waals surface area contributed by atoms with E-state index in [1.807, 2.05) is 67.7 Å². The standard InChI is InChI=1S/C35H34ClN3O3/c1-3-41-35(40)31-16-15-27(23-34(31)42-33-10-6-9-32-30(33)17-18-37-32)39-21-19-38(20-22-39)24(2)28-7-4-5-8-29(28)25-11-13-26(36)14-12-25/h4-18,23-24,37H,3,19-22H2,1-2H3. The highest BCUT2D eigenvalue weighted by Gasteiger charge is 2.25. The van der Waals surface area contributed by atoms with Crippen molar-refractivity contribution in [2.75, 3.05) is 37.7 Å². The first-order chi connectivity index (χ1) is 20.5. The summed E-state index contributed by atoms with van der Waals surface area (Å²) in [5, 5.41) is 1.70. The topological polar surface area (TPSA) is 57.8 Å². The number of nitrogens with zero attached hydrogens (tertiary/aromatic N) is 2. The van der Waals surface area contributed by atoms with E-state index < -0.39 is 5.97 Å². The minimum Gasteiger partial charge on any atom is -0.462 e. The van der Waals surface area contributed by atoms with Gasteiger partial charge in [0.2, 0.25) is 0 Å². The summed E-state index contributed by atoms with van der Waals surface area (Å²) in [4.78, 5) is 20.9. The maximum Gasteiger partial charge on any atom is 0.341 e. The maximum absolute atomic E-state index is 12.8. The van der Waals surface area contributed by atoms with E-state index in [0.717, 1.165) is 47.8 Å². The van der Waals surface area contributed by atoms with Gasteiger partial charge in [0.1, 0.15) is 17.1 Å². The number of halogens is 1. The van der Waals surface area contributed by atoms with Gasteiger partial charge in [-0.15, -0.1) is 0 Å². The number of carbonyl (C=O) groups is 1. The van der Waals surface area contributed by atoms with Crippen molar-refractivity contribution in [3.8, 4) is 22.6 Å². The van der Waals surface area contributed by atoms with Gasteiger partial charge in [0, 0.05) is 66.1 Å². The second-order valence-corrected chi connectivity index (χ2v) is 10.9. The van der Waals surface area contributed by atoms with Crippen LogP contribution in [0.4, 0.5) is 5.69 Å². The van der Waals surface area contributed by atoms with Crippen molar-refractivity contribution < 1.29 is 14.3 Å². The van der Waals surface area contributed by atoms with Crippen LogP contribution in [-0.4, -0.2) is 48.6 Å². The Bertz CT molecular complexity index is 1690. The van der Waals surface area contributed by atoms with Gasteiger partial charge < -0.3 is 19.4 Å². The average molecular weight is 580 g/mol. The van der Waals surface area contributed by atoms with Crippen LogP contribution in [0.1, 0.15) is 35.8 Å². The van der Waals surface area contributed by atoms with Crippen molar-refractivity contribution in [3.05, 3.63) is 113 Å². The Balaban J connectivity index is 1.21.